The summed E-state index contributed by atoms with van der Waals surface area (Å²) in [6.45, 7) is 3.95. The summed E-state index contributed by atoms with van der Waals surface area (Å²) >= 11 is 1.24. The number of amides is 1. The Morgan fingerprint density at radius 2 is 2.00 bits per heavy atom. The summed E-state index contributed by atoms with van der Waals surface area (Å²) < 4.78 is 0. The lowest BCUT2D eigenvalue weighted by Crippen LogP contribution is -2.28. The third kappa shape index (κ3) is 4.21. The van der Waals surface area contributed by atoms with Crippen LogP contribution in [0, 0.1) is 0 Å². The quantitative estimate of drug-likeness (QED) is 0.680. The first kappa shape index (κ1) is 16.3. The molecule has 1 amide bonds. The maximum atomic E-state index is 12.2. The number of benzene rings is 1. The van der Waals surface area contributed by atoms with Gasteiger partial charge >= 0.3 is 0 Å². The van der Waals surface area contributed by atoms with Crippen molar-refractivity contribution in [1.29, 1.82) is 0 Å². The van der Waals surface area contributed by atoms with E-state index in [-0.39, 0.29) is 23.1 Å². The molecule has 0 saturated heterocycles. The molecule has 0 aliphatic carbocycles. The SMILES string of the molecule is CC(C)c1cc(=O)[nH]c(SCC(=O)N(C)c2ccccc2)n1. The molecule has 0 aliphatic rings. The van der Waals surface area contributed by atoms with E-state index < -0.39 is 0 Å². The fourth-order valence-corrected chi connectivity index (χ4v) is 2.64. The van der Waals surface area contributed by atoms with Gasteiger partial charge in [-0.3, -0.25) is 9.59 Å². The van der Waals surface area contributed by atoms with Crippen LogP contribution in [0.5, 0.6) is 0 Å². The zero-order valence-corrected chi connectivity index (χ0v) is 13.7. The first-order valence-corrected chi connectivity index (χ1v) is 8.01. The molecule has 0 saturated carbocycles. The number of nitrogens with one attached hydrogen (secondary N) is 1. The van der Waals surface area contributed by atoms with Crippen LogP contribution >= 0.6 is 11.8 Å². The highest BCUT2D eigenvalue weighted by Crippen LogP contribution is 2.18. The van der Waals surface area contributed by atoms with Crippen molar-refractivity contribution in [2.75, 3.05) is 17.7 Å². The summed E-state index contributed by atoms with van der Waals surface area (Å²) in [7, 11) is 1.74. The van der Waals surface area contributed by atoms with Crippen molar-refractivity contribution in [3.05, 3.63) is 52.4 Å². The molecule has 2 aromatic rings. The van der Waals surface area contributed by atoms with Gasteiger partial charge in [0.15, 0.2) is 5.16 Å². The second-order valence-electron chi connectivity index (χ2n) is 5.21. The van der Waals surface area contributed by atoms with Crippen LogP contribution in [0.25, 0.3) is 0 Å². The second-order valence-corrected chi connectivity index (χ2v) is 6.17. The van der Waals surface area contributed by atoms with E-state index in [1.54, 1.807) is 11.9 Å². The van der Waals surface area contributed by atoms with Crippen LogP contribution in [0.3, 0.4) is 0 Å². The molecule has 1 aromatic carbocycles. The Morgan fingerprint density at radius 3 is 2.64 bits per heavy atom. The molecule has 0 radical (unpaired) electrons. The number of carbonyl (C=O) groups is 1. The Labute approximate surface area is 133 Å². The van der Waals surface area contributed by atoms with Crippen LogP contribution in [0.1, 0.15) is 25.5 Å². The third-order valence-corrected chi connectivity index (χ3v) is 4.04. The number of H-pyrrole nitrogens is 1. The fourth-order valence-electron chi connectivity index (χ4n) is 1.84. The van der Waals surface area contributed by atoms with E-state index >= 15 is 0 Å². The molecular formula is C16H19N3O2S. The molecule has 0 unspecified atom stereocenters. The van der Waals surface area contributed by atoms with Gasteiger partial charge in [-0.1, -0.05) is 43.8 Å². The average molecular weight is 317 g/mol. The molecule has 2 rings (SSSR count). The summed E-state index contributed by atoms with van der Waals surface area (Å²) in [5.41, 5.74) is 1.38. The van der Waals surface area contributed by atoms with Gasteiger partial charge < -0.3 is 9.88 Å². The van der Waals surface area contributed by atoms with Gasteiger partial charge in [-0.15, -0.1) is 0 Å². The third-order valence-electron chi connectivity index (χ3n) is 3.18. The molecule has 22 heavy (non-hydrogen) atoms. The predicted octanol–water partition coefficient (Wildman–Crippen LogP) is 2.65. The van der Waals surface area contributed by atoms with E-state index in [4.69, 9.17) is 0 Å². The van der Waals surface area contributed by atoms with Crippen molar-refractivity contribution >= 4 is 23.4 Å². The monoisotopic (exact) mass is 317 g/mol. The number of anilines is 1. The molecule has 5 nitrogen and oxygen atoms in total. The summed E-state index contributed by atoms with van der Waals surface area (Å²) in [4.78, 5) is 32.4. The summed E-state index contributed by atoms with van der Waals surface area (Å²) in [6.07, 6.45) is 0. The highest BCUT2D eigenvalue weighted by atomic mass is 32.2. The Morgan fingerprint density at radius 1 is 1.32 bits per heavy atom. The lowest BCUT2D eigenvalue weighted by Gasteiger charge is -2.16. The lowest BCUT2D eigenvalue weighted by atomic mass is 10.1. The van der Waals surface area contributed by atoms with Crippen LogP contribution in [-0.4, -0.2) is 28.7 Å². The second kappa shape index (κ2) is 7.26. The van der Waals surface area contributed by atoms with Crippen LogP contribution in [0.2, 0.25) is 0 Å². The maximum absolute atomic E-state index is 12.2. The van der Waals surface area contributed by atoms with E-state index in [9.17, 15) is 9.59 Å². The van der Waals surface area contributed by atoms with E-state index in [1.807, 2.05) is 44.2 Å². The molecule has 116 valence electrons. The van der Waals surface area contributed by atoms with Crippen LogP contribution < -0.4 is 10.5 Å². The van der Waals surface area contributed by atoms with Crippen molar-refractivity contribution < 1.29 is 4.79 Å². The van der Waals surface area contributed by atoms with Crippen molar-refractivity contribution in [3.8, 4) is 0 Å². The zero-order valence-electron chi connectivity index (χ0n) is 12.9. The number of aromatic amines is 1. The standard InChI is InChI=1S/C16H19N3O2S/c1-11(2)13-9-14(20)18-16(17-13)22-10-15(21)19(3)12-7-5-4-6-8-12/h4-9,11H,10H2,1-3H3,(H,17,18,20). The van der Waals surface area contributed by atoms with Gasteiger partial charge in [0.2, 0.25) is 5.91 Å². The number of rotatable bonds is 5. The van der Waals surface area contributed by atoms with Gasteiger partial charge in [-0.05, 0) is 18.1 Å². The summed E-state index contributed by atoms with van der Waals surface area (Å²) in [5.74, 6) is 0.341. The van der Waals surface area contributed by atoms with Crippen LogP contribution in [-0.2, 0) is 4.79 Å². The molecule has 0 bridgehead atoms. The van der Waals surface area contributed by atoms with E-state index in [1.165, 1.54) is 17.8 Å². The Hall–Kier alpha value is -2.08. The van der Waals surface area contributed by atoms with Crippen molar-refractivity contribution in [2.24, 2.45) is 0 Å². The van der Waals surface area contributed by atoms with Gasteiger partial charge in [-0.2, -0.15) is 0 Å². The highest BCUT2D eigenvalue weighted by molar-refractivity contribution is 7.99. The molecule has 1 aromatic heterocycles. The molecule has 0 fully saturated rings. The lowest BCUT2D eigenvalue weighted by molar-refractivity contribution is -0.115. The molecule has 1 N–H and O–H groups in total. The van der Waals surface area contributed by atoms with Gasteiger partial charge in [0.1, 0.15) is 0 Å². The number of aromatic nitrogens is 2. The molecule has 6 heteroatoms. The topological polar surface area (TPSA) is 66.1 Å². The largest absolute Gasteiger partial charge is 0.315 e. The number of hydrogen-bond acceptors (Lipinski definition) is 4. The number of nitrogens with zero attached hydrogens (tertiary/aromatic N) is 2. The van der Waals surface area contributed by atoms with Gasteiger partial charge in [0.25, 0.3) is 5.56 Å². The zero-order chi connectivity index (χ0) is 16.1. The molecule has 0 spiro atoms. The number of para-hydroxylation sites is 1. The smallest absolute Gasteiger partial charge is 0.251 e. The van der Waals surface area contributed by atoms with E-state index in [0.717, 1.165) is 11.4 Å². The minimum atomic E-state index is -0.190. The summed E-state index contributed by atoms with van der Waals surface area (Å²) in [5, 5.41) is 0.478. The molecule has 1 heterocycles. The Kier molecular flexibility index (Phi) is 5.38. The first-order chi connectivity index (χ1) is 10.5. The van der Waals surface area contributed by atoms with Gasteiger partial charge in [-0.25, -0.2) is 4.98 Å². The first-order valence-electron chi connectivity index (χ1n) is 7.03. The molecule has 0 aliphatic heterocycles. The van der Waals surface area contributed by atoms with E-state index in [2.05, 4.69) is 9.97 Å². The van der Waals surface area contributed by atoms with Gasteiger partial charge in [0.05, 0.1) is 11.4 Å². The van der Waals surface area contributed by atoms with Crippen molar-refractivity contribution in [3.63, 3.8) is 0 Å². The molecular weight excluding hydrogens is 298 g/mol. The summed E-state index contributed by atoms with van der Waals surface area (Å²) in [6, 6.07) is 10.9. The number of thioether (sulfide) groups is 1. The van der Waals surface area contributed by atoms with Crippen molar-refractivity contribution in [1.82, 2.24) is 9.97 Å². The average Bonchev–Trinajstić information content (AvgIpc) is 2.52. The minimum absolute atomic E-state index is 0.0474. The van der Waals surface area contributed by atoms with Gasteiger partial charge in [0, 0.05) is 18.8 Å². The minimum Gasteiger partial charge on any atom is -0.315 e. The number of carbonyl (C=O) groups excluding carboxylic acids is 1. The Bertz CT molecular complexity index is 698. The normalized spacial score (nSPS) is 10.7. The Balaban J connectivity index is 2.04. The fraction of sp³-hybridized carbons (Fsp3) is 0.312. The number of hydrogen-bond donors (Lipinski definition) is 1. The molecule has 0 atom stereocenters. The maximum Gasteiger partial charge on any atom is 0.251 e. The van der Waals surface area contributed by atoms with Crippen LogP contribution in [0.15, 0.2) is 46.3 Å². The predicted molar refractivity (Wildman–Crippen MR) is 89.5 cm³/mol. The van der Waals surface area contributed by atoms with E-state index in [0.29, 0.717) is 5.16 Å². The van der Waals surface area contributed by atoms with Crippen LogP contribution in [0.4, 0.5) is 5.69 Å². The van der Waals surface area contributed by atoms with Crippen molar-refractivity contribution in [2.45, 2.75) is 24.9 Å². The highest BCUT2D eigenvalue weighted by Gasteiger charge is 2.13.